The van der Waals surface area contributed by atoms with E-state index in [9.17, 15) is 5.11 Å². The van der Waals surface area contributed by atoms with E-state index in [0.717, 1.165) is 55.6 Å². The maximum Gasteiger partial charge on any atom is 0.191 e. The average molecular weight is 296 g/mol. The van der Waals surface area contributed by atoms with Gasteiger partial charge < -0.3 is 15.7 Å². The number of hydrogen-bond donors (Lipinski definition) is 3. The zero-order valence-electron chi connectivity index (χ0n) is 12.2. The lowest BCUT2D eigenvalue weighted by Gasteiger charge is -2.16. The molecule has 0 amide bonds. The topological polar surface area (TPSA) is 70.1 Å². The first-order valence-corrected chi connectivity index (χ1v) is 8.54. The lowest BCUT2D eigenvalue weighted by molar-refractivity contribution is 0.138. The van der Waals surface area contributed by atoms with Crippen LogP contribution in [-0.4, -0.2) is 40.5 Å². The van der Waals surface area contributed by atoms with Crippen molar-refractivity contribution in [2.75, 3.05) is 30.0 Å². The highest BCUT2D eigenvalue weighted by atomic mass is 32.2. The van der Waals surface area contributed by atoms with Gasteiger partial charge in [-0.2, -0.15) is 0 Å². The number of hydrogen-bond acceptors (Lipinski definition) is 6. The molecule has 1 aliphatic rings. The van der Waals surface area contributed by atoms with Gasteiger partial charge in [0.2, 0.25) is 0 Å². The van der Waals surface area contributed by atoms with Gasteiger partial charge in [0.1, 0.15) is 11.6 Å². The molecule has 0 aromatic carbocycles. The summed E-state index contributed by atoms with van der Waals surface area (Å²) in [7, 11) is 0. The Labute approximate surface area is 125 Å². The van der Waals surface area contributed by atoms with E-state index >= 15 is 0 Å². The molecule has 0 radical (unpaired) electrons. The minimum absolute atomic E-state index is 0.165. The molecule has 1 heterocycles. The number of rotatable bonds is 7. The van der Waals surface area contributed by atoms with Crippen LogP contribution in [0.25, 0.3) is 0 Å². The molecule has 6 heteroatoms. The Morgan fingerprint density at radius 2 is 2.05 bits per heavy atom. The van der Waals surface area contributed by atoms with Crippen molar-refractivity contribution < 1.29 is 5.11 Å². The number of nitrogens with one attached hydrogen (secondary N) is 2. The van der Waals surface area contributed by atoms with Crippen LogP contribution in [0.3, 0.4) is 0 Å². The van der Waals surface area contributed by atoms with Gasteiger partial charge in [-0.3, -0.25) is 0 Å². The summed E-state index contributed by atoms with van der Waals surface area (Å²) in [5, 5.41) is 17.3. The summed E-state index contributed by atoms with van der Waals surface area (Å²) in [5.74, 6) is 2.04. The van der Waals surface area contributed by atoms with Gasteiger partial charge in [-0.25, -0.2) is 9.97 Å². The molecule has 0 saturated heterocycles. The molecule has 0 aliphatic heterocycles. The van der Waals surface area contributed by atoms with Crippen molar-refractivity contribution in [3.63, 3.8) is 0 Å². The summed E-state index contributed by atoms with van der Waals surface area (Å²) in [6.07, 6.45) is 6.02. The first-order chi connectivity index (χ1) is 9.72. The maximum atomic E-state index is 9.85. The minimum Gasteiger partial charge on any atom is -0.393 e. The van der Waals surface area contributed by atoms with E-state index in [0.29, 0.717) is 5.92 Å². The zero-order chi connectivity index (χ0) is 14.4. The predicted octanol–water partition coefficient (Wildman–Crippen LogP) is 2.59. The van der Waals surface area contributed by atoms with Gasteiger partial charge in [-0.05, 0) is 25.5 Å². The molecule has 1 aliphatic carbocycles. The number of thioether (sulfide) groups is 1. The van der Waals surface area contributed by atoms with E-state index in [2.05, 4.69) is 27.5 Å². The van der Waals surface area contributed by atoms with Crippen LogP contribution < -0.4 is 10.6 Å². The van der Waals surface area contributed by atoms with Crippen LogP contribution in [0.1, 0.15) is 32.6 Å². The van der Waals surface area contributed by atoms with Crippen molar-refractivity contribution in [2.24, 2.45) is 5.92 Å². The maximum absolute atomic E-state index is 9.85. The third kappa shape index (κ3) is 4.24. The second kappa shape index (κ2) is 7.69. The summed E-state index contributed by atoms with van der Waals surface area (Å²) in [6.45, 7) is 3.81. The quantitative estimate of drug-likeness (QED) is 0.531. The molecular weight excluding hydrogens is 272 g/mol. The lowest BCUT2D eigenvalue weighted by atomic mass is 10.1. The molecule has 0 bridgehead atoms. The van der Waals surface area contributed by atoms with Crippen LogP contribution in [0.5, 0.6) is 0 Å². The lowest BCUT2D eigenvalue weighted by Crippen LogP contribution is -2.22. The monoisotopic (exact) mass is 296 g/mol. The van der Waals surface area contributed by atoms with Crippen molar-refractivity contribution in [1.29, 1.82) is 0 Å². The zero-order valence-corrected chi connectivity index (χ0v) is 13.0. The number of nitrogens with zero attached hydrogens (tertiary/aromatic N) is 2. The number of aliphatic hydroxyl groups excluding tert-OH is 1. The first-order valence-electron chi connectivity index (χ1n) is 7.31. The van der Waals surface area contributed by atoms with E-state index in [1.165, 1.54) is 11.8 Å². The Kier molecular flexibility index (Phi) is 5.91. The third-order valence-corrected chi connectivity index (χ3v) is 4.16. The van der Waals surface area contributed by atoms with Gasteiger partial charge in [0.15, 0.2) is 5.16 Å². The van der Waals surface area contributed by atoms with E-state index in [4.69, 9.17) is 0 Å². The standard InChI is InChI=1S/C14H24N4OS/c1-3-7-15-12-8-13(18-14(17-12)20-2)16-9-10-5-4-6-11(10)19/h8,10-11,19H,3-7,9H2,1-2H3,(H2,15,16,17,18). The molecule has 2 atom stereocenters. The van der Waals surface area contributed by atoms with Gasteiger partial charge in [-0.15, -0.1) is 0 Å². The molecule has 2 rings (SSSR count). The highest BCUT2D eigenvalue weighted by molar-refractivity contribution is 7.98. The van der Waals surface area contributed by atoms with Crippen LogP contribution in [0.2, 0.25) is 0 Å². The summed E-state index contributed by atoms with van der Waals surface area (Å²) < 4.78 is 0. The molecule has 5 nitrogen and oxygen atoms in total. The SMILES string of the molecule is CCCNc1cc(NCC2CCCC2O)nc(SC)n1. The predicted molar refractivity (Wildman–Crippen MR) is 84.4 cm³/mol. The molecule has 1 fully saturated rings. The summed E-state index contributed by atoms with van der Waals surface area (Å²) in [4.78, 5) is 8.90. The minimum atomic E-state index is -0.165. The van der Waals surface area contributed by atoms with Gasteiger partial charge >= 0.3 is 0 Å². The van der Waals surface area contributed by atoms with E-state index in [1.807, 2.05) is 12.3 Å². The normalized spacial score (nSPS) is 21.9. The fraction of sp³-hybridized carbons (Fsp3) is 0.714. The van der Waals surface area contributed by atoms with Crippen molar-refractivity contribution in [2.45, 2.75) is 43.9 Å². The van der Waals surface area contributed by atoms with Crippen LogP contribution in [0.15, 0.2) is 11.2 Å². The second-order valence-corrected chi connectivity index (χ2v) is 5.96. The van der Waals surface area contributed by atoms with E-state index < -0.39 is 0 Å². The molecule has 2 unspecified atom stereocenters. The molecule has 1 aromatic heterocycles. The van der Waals surface area contributed by atoms with Gasteiger partial charge in [0, 0.05) is 25.1 Å². The average Bonchev–Trinajstić information content (AvgIpc) is 2.88. The Hall–Kier alpha value is -1.01. The second-order valence-electron chi connectivity index (χ2n) is 5.19. The van der Waals surface area contributed by atoms with Crippen molar-refractivity contribution in [1.82, 2.24) is 9.97 Å². The van der Waals surface area contributed by atoms with Gasteiger partial charge in [0.25, 0.3) is 0 Å². The molecule has 112 valence electrons. The molecule has 1 aromatic rings. The van der Waals surface area contributed by atoms with Crippen molar-refractivity contribution in [3.8, 4) is 0 Å². The van der Waals surface area contributed by atoms with Crippen molar-refractivity contribution >= 4 is 23.4 Å². The van der Waals surface area contributed by atoms with Crippen LogP contribution in [-0.2, 0) is 0 Å². The number of anilines is 2. The molecule has 1 saturated carbocycles. The number of aliphatic hydroxyl groups is 1. The summed E-state index contributed by atoms with van der Waals surface area (Å²) in [5.41, 5.74) is 0. The highest BCUT2D eigenvalue weighted by Crippen LogP contribution is 2.26. The fourth-order valence-corrected chi connectivity index (χ4v) is 2.82. The van der Waals surface area contributed by atoms with E-state index in [-0.39, 0.29) is 6.10 Å². The fourth-order valence-electron chi connectivity index (χ4n) is 2.44. The summed E-state index contributed by atoms with van der Waals surface area (Å²) >= 11 is 1.54. The number of aromatic nitrogens is 2. The van der Waals surface area contributed by atoms with Crippen LogP contribution in [0, 0.1) is 5.92 Å². The molecular formula is C14H24N4OS. The Bertz CT molecular complexity index is 430. The van der Waals surface area contributed by atoms with Crippen LogP contribution >= 0.6 is 11.8 Å². The Morgan fingerprint density at radius 1 is 1.30 bits per heavy atom. The summed E-state index contributed by atoms with van der Waals surface area (Å²) in [6, 6.07) is 1.94. The smallest absolute Gasteiger partial charge is 0.191 e. The molecule has 0 spiro atoms. The Morgan fingerprint density at radius 3 is 2.65 bits per heavy atom. The van der Waals surface area contributed by atoms with Crippen LogP contribution in [0.4, 0.5) is 11.6 Å². The van der Waals surface area contributed by atoms with Gasteiger partial charge in [-0.1, -0.05) is 25.1 Å². The van der Waals surface area contributed by atoms with Crippen molar-refractivity contribution in [3.05, 3.63) is 6.07 Å². The largest absolute Gasteiger partial charge is 0.393 e. The molecule has 20 heavy (non-hydrogen) atoms. The highest BCUT2D eigenvalue weighted by Gasteiger charge is 2.24. The first kappa shape index (κ1) is 15.4. The third-order valence-electron chi connectivity index (χ3n) is 3.61. The molecule has 3 N–H and O–H groups in total. The van der Waals surface area contributed by atoms with Gasteiger partial charge in [0.05, 0.1) is 6.10 Å². The van der Waals surface area contributed by atoms with E-state index in [1.54, 1.807) is 0 Å². The Balaban J connectivity index is 1.98.